The van der Waals surface area contributed by atoms with Crippen LogP contribution >= 0.6 is 11.3 Å². The highest BCUT2D eigenvalue weighted by Gasteiger charge is 2.18. The van der Waals surface area contributed by atoms with Crippen molar-refractivity contribution in [2.75, 3.05) is 17.2 Å². The molecule has 0 saturated carbocycles. The summed E-state index contributed by atoms with van der Waals surface area (Å²) in [5.74, 6) is -0.0232. The second-order valence-corrected chi connectivity index (χ2v) is 4.80. The van der Waals surface area contributed by atoms with Crippen molar-refractivity contribution in [3.63, 3.8) is 0 Å². The van der Waals surface area contributed by atoms with E-state index in [1.165, 1.54) is 11.3 Å². The molecule has 1 amide bonds. The molecule has 0 aliphatic heterocycles. The van der Waals surface area contributed by atoms with Gasteiger partial charge in [0, 0.05) is 17.9 Å². The van der Waals surface area contributed by atoms with Crippen molar-refractivity contribution in [1.82, 2.24) is 4.98 Å². The van der Waals surface area contributed by atoms with Crippen LogP contribution in [0.25, 0.3) is 0 Å². The summed E-state index contributed by atoms with van der Waals surface area (Å²) in [5.41, 5.74) is 8.91. The molecule has 0 unspecified atom stereocenters. The second kappa shape index (κ2) is 5.64. The van der Waals surface area contributed by atoms with Crippen molar-refractivity contribution in [2.45, 2.75) is 13.3 Å². The number of benzene rings is 1. The first kappa shape index (κ1) is 12.6. The van der Waals surface area contributed by atoms with Crippen LogP contribution < -0.4 is 10.6 Å². The van der Waals surface area contributed by atoms with E-state index in [9.17, 15) is 4.79 Å². The Morgan fingerprint density at radius 3 is 2.94 bits per heavy atom. The molecule has 0 fully saturated rings. The van der Waals surface area contributed by atoms with Gasteiger partial charge in [-0.15, -0.1) is 11.3 Å². The monoisotopic (exact) mass is 261 g/mol. The molecule has 0 saturated heterocycles. The maximum absolute atomic E-state index is 12.4. The molecule has 5 heteroatoms. The van der Waals surface area contributed by atoms with Gasteiger partial charge in [0.25, 0.3) is 5.91 Å². The lowest BCUT2D eigenvalue weighted by Gasteiger charge is -2.21. The van der Waals surface area contributed by atoms with Crippen LogP contribution in [-0.2, 0) is 0 Å². The Hall–Kier alpha value is -1.88. The maximum Gasteiger partial charge on any atom is 0.269 e. The molecule has 1 heterocycles. The zero-order valence-electron chi connectivity index (χ0n) is 10.2. The van der Waals surface area contributed by atoms with E-state index < -0.39 is 0 Å². The molecule has 94 valence electrons. The summed E-state index contributed by atoms with van der Waals surface area (Å²) in [6.45, 7) is 2.71. The Bertz CT molecular complexity index is 525. The quantitative estimate of drug-likeness (QED) is 0.861. The third-order valence-corrected chi connectivity index (χ3v) is 3.28. The first-order valence-corrected chi connectivity index (χ1v) is 6.66. The van der Waals surface area contributed by atoms with E-state index in [-0.39, 0.29) is 5.91 Å². The number of amides is 1. The van der Waals surface area contributed by atoms with Crippen LogP contribution in [0.15, 0.2) is 36.0 Å². The van der Waals surface area contributed by atoms with Gasteiger partial charge in [-0.25, -0.2) is 0 Å². The molecule has 18 heavy (non-hydrogen) atoms. The van der Waals surface area contributed by atoms with E-state index in [1.54, 1.807) is 16.6 Å². The van der Waals surface area contributed by atoms with Crippen LogP contribution in [-0.4, -0.2) is 17.4 Å². The van der Waals surface area contributed by atoms with E-state index in [0.29, 0.717) is 17.1 Å². The van der Waals surface area contributed by atoms with E-state index in [4.69, 9.17) is 5.73 Å². The Kier molecular flexibility index (Phi) is 3.94. The lowest BCUT2D eigenvalue weighted by Crippen LogP contribution is -2.31. The highest BCUT2D eigenvalue weighted by atomic mass is 32.1. The standard InChI is InChI=1S/C13H15N3OS/c1-2-6-16(11-5-3-4-10(14)7-11)13(17)12-8-15-9-18-12/h3-5,7-9H,2,6,14H2,1H3. The average Bonchev–Trinajstić information content (AvgIpc) is 2.89. The smallest absolute Gasteiger partial charge is 0.269 e. The molecule has 1 aromatic heterocycles. The second-order valence-electron chi connectivity index (χ2n) is 3.92. The molecule has 1 aromatic carbocycles. The summed E-state index contributed by atoms with van der Waals surface area (Å²) in [7, 11) is 0. The molecule has 0 bridgehead atoms. The molecule has 2 aromatic rings. The number of nitrogens with zero attached hydrogens (tertiary/aromatic N) is 2. The van der Waals surface area contributed by atoms with Gasteiger partial charge in [0.1, 0.15) is 4.88 Å². The van der Waals surface area contributed by atoms with Crippen molar-refractivity contribution in [2.24, 2.45) is 0 Å². The zero-order chi connectivity index (χ0) is 13.0. The van der Waals surface area contributed by atoms with Crippen LogP contribution in [0.3, 0.4) is 0 Å². The first-order valence-electron chi connectivity index (χ1n) is 5.78. The van der Waals surface area contributed by atoms with Gasteiger partial charge in [0.05, 0.1) is 11.7 Å². The fourth-order valence-electron chi connectivity index (χ4n) is 1.72. The van der Waals surface area contributed by atoms with Gasteiger partial charge in [0.2, 0.25) is 0 Å². The fraction of sp³-hybridized carbons (Fsp3) is 0.231. The number of carbonyl (C=O) groups is 1. The zero-order valence-corrected chi connectivity index (χ0v) is 11.0. The van der Waals surface area contributed by atoms with Gasteiger partial charge in [-0.05, 0) is 24.6 Å². The average molecular weight is 261 g/mol. The SMILES string of the molecule is CCCN(C(=O)c1cncs1)c1cccc(N)c1. The van der Waals surface area contributed by atoms with Crippen molar-refractivity contribution in [1.29, 1.82) is 0 Å². The molecule has 2 rings (SSSR count). The minimum absolute atomic E-state index is 0.0232. The van der Waals surface area contributed by atoms with Gasteiger partial charge in [-0.1, -0.05) is 13.0 Å². The normalized spacial score (nSPS) is 10.3. The summed E-state index contributed by atoms with van der Waals surface area (Å²) < 4.78 is 0. The minimum atomic E-state index is -0.0232. The van der Waals surface area contributed by atoms with Crippen LogP contribution in [0.4, 0.5) is 11.4 Å². The Balaban J connectivity index is 2.31. The third-order valence-electron chi connectivity index (χ3n) is 2.52. The number of hydrogen-bond donors (Lipinski definition) is 1. The molecular formula is C13H15N3OS. The molecular weight excluding hydrogens is 246 g/mol. The Labute approximate surface area is 110 Å². The number of carbonyl (C=O) groups excluding carboxylic acids is 1. The first-order chi connectivity index (χ1) is 8.72. The maximum atomic E-state index is 12.4. The number of hydrogen-bond acceptors (Lipinski definition) is 4. The van der Waals surface area contributed by atoms with Crippen LogP contribution in [0.2, 0.25) is 0 Å². The number of rotatable bonds is 4. The number of anilines is 2. The molecule has 2 N–H and O–H groups in total. The number of nitrogen functional groups attached to an aromatic ring is 1. The third kappa shape index (κ3) is 2.68. The topological polar surface area (TPSA) is 59.2 Å². The fourth-order valence-corrected chi connectivity index (χ4v) is 2.29. The lowest BCUT2D eigenvalue weighted by molar-refractivity contribution is 0.0990. The predicted octanol–water partition coefficient (Wildman–Crippen LogP) is 2.78. The van der Waals surface area contributed by atoms with Crippen LogP contribution in [0.1, 0.15) is 23.0 Å². The van der Waals surface area contributed by atoms with Crippen LogP contribution in [0.5, 0.6) is 0 Å². The number of nitrogens with two attached hydrogens (primary N) is 1. The minimum Gasteiger partial charge on any atom is -0.399 e. The molecule has 0 spiro atoms. The largest absolute Gasteiger partial charge is 0.399 e. The Morgan fingerprint density at radius 1 is 1.50 bits per heavy atom. The highest BCUT2D eigenvalue weighted by molar-refractivity contribution is 7.11. The molecule has 0 atom stereocenters. The molecule has 0 aliphatic rings. The number of aromatic nitrogens is 1. The van der Waals surface area contributed by atoms with Gasteiger partial charge >= 0.3 is 0 Å². The van der Waals surface area contributed by atoms with Crippen molar-refractivity contribution in [3.8, 4) is 0 Å². The lowest BCUT2D eigenvalue weighted by atomic mass is 10.2. The van der Waals surface area contributed by atoms with E-state index in [1.807, 2.05) is 31.2 Å². The molecule has 4 nitrogen and oxygen atoms in total. The van der Waals surface area contributed by atoms with Crippen molar-refractivity contribution < 1.29 is 4.79 Å². The van der Waals surface area contributed by atoms with E-state index in [2.05, 4.69) is 4.98 Å². The van der Waals surface area contributed by atoms with Gasteiger partial charge in [0.15, 0.2) is 0 Å². The number of thiazole rings is 1. The van der Waals surface area contributed by atoms with Gasteiger partial charge < -0.3 is 10.6 Å². The van der Waals surface area contributed by atoms with Gasteiger partial charge in [-0.3, -0.25) is 9.78 Å². The summed E-state index contributed by atoms with van der Waals surface area (Å²) >= 11 is 1.35. The molecule has 0 radical (unpaired) electrons. The summed E-state index contributed by atoms with van der Waals surface area (Å²) in [5, 5.41) is 0. The summed E-state index contributed by atoms with van der Waals surface area (Å²) in [6, 6.07) is 7.37. The van der Waals surface area contributed by atoms with Crippen molar-refractivity contribution in [3.05, 3.63) is 40.8 Å². The Morgan fingerprint density at radius 2 is 2.33 bits per heavy atom. The van der Waals surface area contributed by atoms with E-state index >= 15 is 0 Å². The summed E-state index contributed by atoms with van der Waals surface area (Å²) in [6.07, 6.45) is 2.49. The van der Waals surface area contributed by atoms with E-state index in [0.717, 1.165) is 12.1 Å². The van der Waals surface area contributed by atoms with Crippen molar-refractivity contribution >= 4 is 28.6 Å². The van der Waals surface area contributed by atoms with Crippen LogP contribution in [0, 0.1) is 0 Å². The highest BCUT2D eigenvalue weighted by Crippen LogP contribution is 2.21. The predicted molar refractivity (Wildman–Crippen MR) is 74.9 cm³/mol. The van der Waals surface area contributed by atoms with Gasteiger partial charge in [-0.2, -0.15) is 0 Å². The summed E-state index contributed by atoms with van der Waals surface area (Å²) in [4.78, 5) is 18.7. The molecule has 0 aliphatic carbocycles.